The SMILES string of the molecule is Cc1ccccc1SCC(=O)Nc1c(C)c(C)nn1-c1ccc(C#N)cc1. The van der Waals surface area contributed by atoms with E-state index in [9.17, 15) is 4.79 Å². The van der Waals surface area contributed by atoms with Gasteiger partial charge in [0, 0.05) is 10.5 Å². The largest absolute Gasteiger partial charge is 0.310 e. The number of hydrogen-bond acceptors (Lipinski definition) is 4. The van der Waals surface area contributed by atoms with Gasteiger partial charge in [0.05, 0.1) is 28.8 Å². The molecular weight excluding hydrogens is 356 g/mol. The number of aromatic nitrogens is 2. The van der Waals surface area contributed by atoms with Crippen LogP contribution in [-0.4, -0.2) is 21.4 Å². The Morgan fingerprint density at radius 3 is 2.52 bits per heavy atom. The summed E-state index contributed by atoms with van der Waals surface area (Å²) in [5.41, 5.74) is 4.31. The number of thioether (sulfide) groups is 1. The van der Waals surface area contributed by atoms with Gasteiger partial charge in [0.25, 0.3) is 0 Å². The minimum atomic E-state index is -0.0823. The summed E-state index contributed by atoms with van der Waals surface area (Å²) in [5.74, 6) is 0.899. The van der Waals surface area contributed by atoms with Gasteiger partial charge >= 0.3 is 0 Å². The number of nitriles is 1. The van der Waals surface area contributed by atoms with Crippen LogP contribution in [-0.2, 0) is 4.79 Å². The Balaban J connectivity index is 1.79. The molecule has 0 aliphatic carbocycles. The highest BCUT2D eigenvalue weighted by molar-refractivity contribution is 8.00. The second-order valence-corrected chi connectivity index (χ2v) is 7.25. The summed E-state index contributed by atoms with van der Waals surface area (Å²) >= 11 is 1.52. The number of nitrogens with one attached hydrogen (secondary N) is 1. The average Bonchev–Trinajstić information content (AvgIpc) is 2.96. The zero-order chi connectivity index (χ0) is 19.4. The number of carbonyl (C=O) groups is 1. The van der Waals surface area contributed by atoms with E-state index in [1.54, 1.807) is 16.8 Å². The smallest absolute Gasteiger partial charge is 0.235 e. The molecule has 1 N–H and O–H groups in total. The molecule has 0 saturated heterocycles. The molecule has 3 rings (SSSR count). The predicted octanol–water partition coefficient (Wildman–Crippen LogP) is 4.40. The molecule has 2 aromatic carbocycles. The number of benzene rings is 2. The molecule has 27 heavy (non-hydrogen) atoms. The summed E-state index contributed by atoms with van der Waals surface area (Å²) in [6, 6.07) is 17.2. The van der Waals surface area contributed by atoms with E-state index in [0.717, 1.165) is 27.4 Å². The van der Waals surface area contributed by atoms with E-state index in [-0.39, 0.29) is 5.91 Å². The molecule has 1 aromatic heterocycles. The van der Waals surface area contributed by atoms with Crippen molar-refractivity contribution in [1.82, 2.24) is 9.78 Å². The van der Waals surface area contributed by atoms with Gasteiger partial charge in [-0.25, -0.2) is 4.68 Å². The number of rotatable bonds is 5. The lowest BCUT2D eigenvalue weighted by Crippen LogP contribution is -2.17. The van der Waals surface area contributed by atoms with Crippen LogP contribution in [0.3, 0.4) is 0 Å². The van der Waals surface area contributed by atoms with E-state index in [0.29, 0.717) is 17.1 Å². The standard InChI is InChI=1S/C21H20N4OS/c1-14-6-4-5-7-19(14)27-13-20(26)23-21-15(2)16(3)24-25(21)18-10-8-17(12-22)9-11-18/h4-11H,13H2,1-3H3,(H,23,26). The van der Waals surface area contributed by atoms with Crippen molar-refractivity contribution >= 4 is 23.5 Å². The first-order valence-electron chi connectivity index (χ1n) is 8.54. The van der Waals surface area contributed by atoms with E-state index in [1.165, 1.54) is 11.8 Å². The molecule has 3 aromatic rings. The van der Waals surface area contributed by atoms with Crippen molar-refractivity contribution in [2.24, 2.45) is 0 Å². The lowest BCUT2D eigenvalue weighted by molar-refractivity contribution is -0.113. The quantitative estimate of drug-likeness (QED) is 0.670. The summed E-state index contributed by atoms with van der Waals surface area (Å²) in [4.78, 5) is 13.6. The Morgan fingerprint density at radius 1 is 1.15 bits per heavy atom. The third-order valence-electron chi connectivity index (χ3n) is 4.31. The van der Waals surface area contributed by atoms with E-state index in [2.05, 4.69) is 16.5 Å². The molecule has 0 aliphatic rings. The summed E-state index contributed by atoms with van der Waals surface area (Å²) in [5, 5.41) is 16.5. The molecule has 0 radical (unpaired) electrons. The molecule has 136 valence electrons. The lowest BCUT2D eigenvalue weighted by Gasteiger charge is -2.11. The number of anilines is 1. The maximum Gasteiger partial charge on any atom is 0.235 e. The molecule has 5 nitrogen and oxygen atoms in total. The Morgan fingerprint density at radius 2 is 1.85 bits per heavy atom. The van der Waals surface area contributed by atoms with Crippen LogP contribution >= 0.6 is 11.8 Å². The van der Waals surface area contributed by atoms with Gasteiger partial charge in [-0.3, -0.25) is 4.79 Å². The number of carbonyl (C=O) groups excluding carboxylic acids is 1. The van der Waals surface area contributed by atoms with Gasteiger partial charge in [0.15, 0.2) is 0 Å². The lowest BCUT2D eigenvalue weighted by atomic mass is 10.2. The van der Waals surface area contributed by atoms with Crippen molar-refractivity contribution in [2.45, 2.75) is 25.7 Å². The fraction of sp³-hybridized carbons (Fsp3) is 0.190. The van der Waals surface area contributed by atoms with Gasteiger partial charge < -0.3 is 5.32 Å². The average molecular weight is 376 g/mol. The van der Waals surface area contributed by atoms with Crippen LogP contribution in [0.2, 0.25) is 0 Å². The molecule has 1 amide bonds. The van der Waals surface area contributed by atoms with Gasteiger partial charge in [-0.15, -0.1) is 11.8 Å². The Bertz CT molecular complexity index is 1020. The van der Waals surface area contributed by atoms with Gasteiger partial charge in [0.1, 0.15) is 5.82 Å². The fourth-order valence-corrected chi connectivity index (χ4v) is 3.47. The van der Waals surface area contributed by atoms with Crippen LogP contribution in [0, 0.1) is 32.1 Å². The molecule has 0 atom stereocenters. The molecule has 6 heteroatoms. The minimum Gasteiger partial charge on any atom is -0.310 e. The Labute approximate surface area is 163 Å². The first-order valence-corrected chi connectivity index (χ1v) is 9.53. The Kier molecular flexibility index (Phi) is 5.63. The van der Waals surface area contributed by atoms with Crippen LogP contribution in [0.15, 0.2) is 53.4 Å². The van der Waals surface area contributed by atoms with Crippen LogP contribution in [0.5, 0.6) is 0 Å². The first-order chi connectivity index (χ1) is 13.0. The summed E-state index contributed by atoms with van der Waals surface area (Å²) in [6.07, 6.45) is 0. The number of nitrogens with zero attached hydrogens (tertiary/aromatic N) is 3. The van der Waals surface area contributed by atoms with Gasteiger partial charge in [-0.05, 0) is 56.7 Å². The normalized spacial score (nSPS) is 10.4. The van der Waals surface area contributed by atoms with E-state index >= 15 is 0 Å². The summed E-state index contributed by atoms with van der Waals surface area (Å²) in [6.45, 7) is 5.88. The van der Waals surface area contributed by atoms with E-state index in [1.807, 2.05) is 57.2 Å². The number of aryl methyl sites for hydroxylation is 2. The maximum atomic E-state index is 12.5. The zero-order valence-electron chi connectivity index (χ0n) is 15.5. The highest BCUT2D eigenvalue weighted by Crippen LogP contribution is 2.25. The van der Waals surface area contributed by atoms with Crippen LogP contribution in [0.25, 0.3) is 5.69 Å². The summed E-state index contributed by atoms with van der Waals surface area (Å²) < 4.78 is 1.71. The molecule has 0 aliphatic heterocycles. The Hall–Kier alpha value is -3.04. The van der Waals surface area contributed by atoms with Gasteiger partial charge in [-0.2, -0.15) is 10.4 Å². The molecular formula is C21H20N4OS. The molecule has 0 fully saturated rings. The zero-order valence-corrected chi connectivity index (χ0v) is 16.3. The highest BCUT2D eigenvalue weighted by Gasteiger charge is 2.16. The van der Waals surface area contributed by atoms with Crippen molar-refractivity contribution in [1.29, 1.82) is 5.26 Å². The van der Waals surface area contributed by atoms with Crippen molar-refractivity contribution in [3.63, 3.8) is 0 Å². The van der Waals surface area contributed by atoms with E-state index < -0.39 is 0 Å². The minimum absolute atomic E-state index is 0.0823. The van der Waals surface area contributed by atoms with Crippen molar-refractivity contribution < 1.29 is 4.79 Å². The first kappa shape index (κ1) is 18.7. The van der Waals surface area contributed by atoms with Crippen LogP contribution < -0.4 is 5.32 Å². The molecule has 0 unspecified atom stereocenters. The van der Waals surface area contributed by atoms with Crippen LogP contribution in [0.1, 0.15) is 22.4 Å². The predicted molar refractivity (Wildman–Crippen MR) is 108 cm³/mol. The third kappa shape index (κ3) is 4.21. The second-order valence-electron chi connectivity index (χ2n) is 6.23. The van der Waals surface area contributed by atoms with Crippen molar-refractivity contribution in [2.75, 3.05) is 11.1 Å². The van der Waals surface area contributed by atoms with Gasteiger partial charge in [0.2, 0.25) is 5.91 Å². The van der Waals surface area contributed by atoms with Gasteiger partial charge in [-0.1, -0.05) is 18.2 Å². The number of amides is 1. The molecule has 1 heterocycles. The van der Waals surface area contributed by atoms with E-state index in [4.69, 9.17) is 5.26 Å². The topological polar surface area (TPSA) is 70.7 Å². The molecule has 0 saturated carbocycles. The maximum absolute atomic E-state index is 12.5. The van der Waals surface area contributed by atoms with Crippen molar-refractivity contribution in [3.05, 3.63) is 70.9 Å². The third-order valence-corrected chi connectivity index (χ3v) is 5.49. The summed E-state index contributed by atoms with van der Waals surface area (Å²) in [7, 11) is 0. The molecule has 0 spiro atoms. The van der Waals surface area contributed by atoms with Crippen LogP contribution in [0.4, 0.5) is 5.82 Å². The molecule has 0 bridgehead atoms. The number of hydrogen-bond donors (Lipinski definition) is 1. The second kappa shape index (κ2) is 8.11. The fourth-order valence-electron chi connectivity index (χ4n) is 2.65. The van der Waals surface area contributed by atoms with Crippen molar-refractivity contribution in [3.8, 4) is 11.8 Å². The monoisotopic (exact) mass is 376 g/mol. The highest BCUT2D eigenvalue weighted by atomic mass is 32.2.